The van der Waals surface area contributed by atoms with Crippen molar-refractivity contribution in [1.29, 1.82) is 0 Å². The molecule has 0 radical (unpaired) electrons. The summed E-state index contributed by atoms with van der Waals surface area (Å²) in [4.78, 5) is 14.2. The van der Waals surface area contributed by atoms with Gasteiger partial charge in [-0.3, -0.25) is 4.79 Å². The zero-order valence-electron chi connectivity index (χ0n) is 10.4. The summed E-state index contributed by atoms with van der Waals surface area (Å²) in [5, 5.41) is 6.73. The molecule has 18 heavy (non-hydrogen) atoms. The minimum Gasteiger partial charge on any atom is -0.358 e. The Morgan fingerprint density at radius 3 is 2.83 bits per heavy atom. The van der Waals surface area contributed by atoms with Crippen LogP contribution in [-0.2, 0) is 4.79 Å². The smallest absolute Gasteiger partial charge is 0.244 e. The Bertz CT molecular complexity index is 407. The van der Waals surface area contributed by atoms with Crippen molar-refractivity contribution in [2.75, 3.05) is 31.6 Å². The van der Waals surface area contributed by atoms with Crippen molar-refractivity contribution in [3.8, 4) is 0 Å². The van der Waals surface area contributed by atoms with E-state index < -0.39 is 0 Å². The number of likely N-dealkylation sites (N-methyl/N-ethyl adjacent to an activating group) is 1. The summed E-state index contributed by atoms with van der Waals surface area (Å²) in [5.74, 6) is 0.0804. The lowest BCUT2D eigenvalue weighted by Gasteiger charge is -2.30. The largest absolute Gasteiger partial charge is 0.358 e. The van der Waals surface area contributed by atoms with E-state index in [1.165, 1.54) is 0 Å². The van der Waals surface area contributed by atoms with E-state index in [-0.39, 0.29) is 11.9 Å². The third-order valence-corrected chi connectivity index (χ3v) is 3.36. The Hall–Kier alpha value is -1.26. The van der Waals surface area contributed by atoms with Crippen LogP contribution >= 0.6 is 11.6 Å². The predicted molar refractivity (Wildman–Crippen MR) is 74.1 cm³/mol. The molecule has 2 rings (SSSR count). The molecule has 1 aromatic carbocycles. The number of hydrogen-bond donors (Lipinski definition) is 2. The highest BCUT2D eigenvalue weighted by Crippen LogP contribution is 2.21. The normalized spacial score (nSPS) is 20.4. The lowest BCUT2D eigenvalue weighted by molar-refractivity contribution is -0.121. The number of anilines is 1. The van der Waals surface area contributed by atoms with E-state index in [1.54, 1.807) is 0 Å². The van der Waals surface area contributed by atoms with Gasteiger partial charge in [0.25, 0.3) is 0 Å². The highest BCUT2D eigenvalue weighted by molar-refractivity contribution is 6.30. The zero-order valence-corrected chi connectivity index (χ0v) is 11.2. The first kappa shape index (κ1) is 13.2. The van der Waals surface area contributed by atoms with E-state index in [4.69, 9.17) is 11.6 Å². The van der Waals surface area contributed by atoms with Crippen molar-refractivity contribution in [3.05, 3.63) is 29.3 Å². The maximum Gasteiger partial charge on any atom is 0.244 e. The molecule has 1 aromatic rings. The number of carbonyl (C=O) groups excluding carboxylic acids is 1. The van der Waals surface area contributed by atoms with Crippen molar-refractivity contribution < 1.29 is 4.79 Å². The summed E-state index contributed by atoms with van der Waals surface area (Å²) in [5.41, 5.74) is 1.04. The van der Waals surface area contributed by atoms with Crippen LogP contribution < -0.4 is 15.5 Å². The second-order valence-corrected chi connectivity index (χ2v) is 4.82. The van der Waals surface area contributed by atoms with Gasteiger partial charge in [0.2, 0.25) is 5.91 Å². The van der Waals surface area contributed by atoms with E-state index in [0.717, 1.165) is 25.2 Å². The summed E-state index contributed by atoms with van der Waals surface area (Å²) in [6.07, 6.45) is 0.953. The molecule has 1 unspecified atom stereocenters. The third kappa shape index (κ3) is 2.94. The topological polar surface area (TPSA) is 44.4 Å². The molecule has 4 nitrogen and oxygen atoms in total. The summed E-state index contributed by atoms with van der Waals surface area (Å²) in [6, 6.07) is 7.47. The Kier molecular flexibility index (Phi) is 4.44. The first-order valence-electron chi connectivity index (χ1n) is 6.17. The minimum atomic E-state index is -0.168. The molecule has 5 heteroatoms. The Labute approximate surface area is 112 Å². The molecule has 1 amide bonds. The van der Waals surface area contributed by atoms with Crippen molar-refractivity contribution in [1.82, 2.24) is 10.6 Å². The van der Waals surface area contributed by atoms with Gasteiger partial charge in [-0.1, -0.05) is 11.6 Å². The number of nitrogens with zero attached hydrogens (tertiary/aromatic N) is 1. The van der Waals surface area contributed by atoms with Gasteiger partial charge in [-0.25, -0.2) is 0 Å². The monoisotopic (exact) mass is 267 g/mol. The Morgan fingerprint density at radius 2 is 2.17 bits per heavy atom. The summed E-state index contributed by atoms with van der Waals surface area (Å²) < 4.78 is 0. The number of rotatable bonds is 3. The third-order valence-electron chi connectivity index (χ3n) is 3.11. The molecule has 1 aliphatic heterocycles. The van der Waals surface area contributed by atoms with Gasteiger partial charge in [0.05, 0.1) is 0 Å². The molecule has 0 spiro atoms. The molecule has 0 aromatic heterocycles. The highest BCUT2D eigenvalue weighted by Gasteiger charge is 2.27. The molecule has 1 fully saturated rings. The molecule has 1 aliphatic rings. The highest BCUT2D eigenvalue weighted by atomic mass is 35.5. The van der Waals surface area contributed by atoms with E-state index in [9.17, 15) is 4.79 Å². The van der Waals surface area contributed by atoms with Crippen molar-refractivity contribution >= 4 is 23.2 Å². The van der Waals surface area contributed by atoms with E-state index >= 15 is 0 Å². The van der Waals surface area contributed by atoms with Gasteiger partial charge in [-0.2, -0.15) is 0 Å². The zero-order chi connectivity index (χ0) is 13.0. The fraction of sp³-hybridized carbons (Fsp3) is 0.462. The van der Waals surface area contributed by atoms with Crippen molar-refractivity contribution in [2.24, 2.45) is 0 Å². The lowest BCUT2D eigenvalue weighted by Crippen LogP contribution is -2.49. The number of benzene rings is 1. The van der Waals surface area contributed by atoms with Crippen LogP contribution in [-0.4, -0.2) is 38.6 Å². The number of halogens is 1. The van der Waals surface area contributed by atoms with Crippen molar-refractivity contribution in [3.63, 3.8) is 0 Å². The average molecular weight is 268 g/mol. The van der Waals surface area contributed by atoms with Crippen LogP contribution in [0.5, 0.6) is 0 Å². The SMILES string of the molecule is CNCC1C(=O)NCCCN1c1ccc(Cl)cc1. The van der Waals surface area contributed by atoms with Crippen LogP contribution in [0.3, 0.4) is 0 Å². The van der Waals surface area contributed by atoms with Gasteiger partial charge >= 0.3 is 0 Å². The van der Waals surface area contributed by atoms with Crippen molar-refractivity contribution in [2.45, 2.75) is 12.5 Å². The fourth-order valence-electron chi connectivity index (χ4n) is 2.21. The molecule has 0 bridgehead atoms. The molecule has 98 valence electrons. The Balaban J connectivity index is 2.25. The van der Waals surface area contributed by atoms with Crippen LogP contribution in [0.4, 0.5) is 5.69 Å². The minimum absolute atomic E-state index is 0.0804. The molecular formula is C13H18ClN3O. The summed E-state index contributed by atoms with van der Waals surface area (Å²) >= 11 is 5.90. The first-order chi connectivity index (χ1) is 8.72. The average Bonchev–Trinajstić information content (AvgIpc) is 2.54. The standard InChI is InChI=1S/C13H18ClN3O/c1-15-9-12-13(18)16-7-2-8-17(12)11-5-3-10(14)4-6-11/h3-6,12,15H,2,7-9H2,1H3,(H,16,18). The second kappa shape index (κ2) is 6.07. The predicted octanol–water partition coefficient (Wildman–Crippen LogP) is 1.25. The number of hydrogen-bond acceptors (Lipinski definition) is 3. The van der Waals surface area contributed by atoms with Gasteiger partial charge in [0.1, 0.15) is 6.04 Å². The van der Waals surface area contributed by atoms with Gasteiger partial charge < -0.3 is 15.5 Å². The van der Waals surface area contributed by atoms with Crippen LogP contribution in [0.25, 0.3) is 0 Å². The fourth-order valence-corrected chi connectivity index (χ4v) is 2.34. The van der Waals surface area contributed by atoms with Gasteiger partial charge in [-0.05, 0) is 37.7 Å². The van der Waals surface area contributed by atoms with E-state index in [1.807, 2.05) is 31.3 Å². The van der Waals surface area contributed by atoms with Gasteiger partial charge in [-0.15, -0.1) is 0 Å². The number of nitrogens with one attached hydrogen (secondary N) is 2. The molecule has 1 heterocycles. The molecule has 2 N–H and O–H groups in total. The van der Waals surface area contributed by atoms with Gasteiger partial charge in [0.15, 0.2) is 0 Å². The maximum atomic E-state index is 12.0. The van der Waals surface area contributed by atoms with Crippen LogP contribution in [0.1, 0.15) is 6.42 Å². The van der Waals surface area contributed by atoms with Crippen LogP contribution in [0, 0.1) is 0 Å². The van der Waals surface area contributed by atoms with Gasteiger partial charge in [0, 0.05) is 30.3 Å². The quantitative estimate of drug-likeness (QED) is 0.867. The lowest BCUT2D eigenvalue weighted by atomic mass is 10.2. The van der Waals surface area contributed by atoms with E-state index in [0.29, 0.717) is 11.6 Å². The van der Waals surface area contributed by atoms with E-state index in [2.05, 4.69) is 15.5 Å². The maximum absolute atomic E-state index is 12.0. The first-order valence-corrected chi connectivity index (χ1v) is 6.54. The molecule has 1 atom stereocenters. The second-order valence-electron chi connectivity index (χ2n) is 4.39. The number of carbonyl (C=O) groups is 1. The van der Waals surface area contributed by atoms with Crippen LogP contribution in [0.15, 0.2) is 24.3 Å². The number of amides is 1. The molecule has 0 saturated carbocycles. The molecule has 1 saturated heterocycles. The molecular weight excluding hydrogens is 250 g/mol. The van der Waals surface area contributed by atoms with Crippen LogP contribution in [0.2, 0.25) is 5.02 Å². The summed E-state index contributed by atoms with van der Waals surface area (Å²) in [7, 11) is 1.86. The Morgan fingerprint density at radius 1 is 1.44 bits per heavy atom. The molecule has 0 aliphatic carbocycles. The summed E-state index contributed by atoms with van der Waals surface area (Å²) in [6.45, 7) is 2.24.